The van der Waals surface area contributed by atoms with Crippen LogP contribution < -0.4 is 0 Å². The minimum absolute atomic E-state index is 0.428. The van der Waals surface area contributed by atoms with Crippen LogP contribution in [0.5, 0.6) is 0 Å². The third kappa shape index (κ3) is 3.67. The zero-order valence-electron chi connectivity index (χ0n) is 30.0. The van der Waals surface area contributed by atoms with Gasteiger partial charge in [0.25, 0.3) is 0 Å². The molecule has 0 aliphatic heterocycles. The summed E-state index contributed by atoms with van der Waals surface area (Å²) < 4.78 is 0. The number of rotatable bonds is 2. The molecular weight excluding hydrogens is 661 g/mol. The molecule has 2 aliphatic rings. The first-order valence-corrected chi connectivity index (χ1v) is 19.3. The molecule has 0 nitrogen and oxygen atoms in total. The summed E-state index contributed by atoms with van der Waals surface area (Å²) in [4.78, 5) is 0. The van der Waals surface area contributed by atoms with Crippen molar-refractivity contribution < 1.29 is 0 Å². The highest BCUT2D eigenvalue weighted by Gasteiger charge is 2.52. The van der Waals surface area contributed by atoms with Crippen molar-refractivity contribution in [2.75, 3.05) is 0 Å². The zero-order chi connectivity index (χ0) is 35.8. The van der Waals surface area contributed by atoms with Gasteiger partial charge in [0.05, 0.1) is 5.41 Å². The number of hydrogen-bond acceptors (Lipinski definition) is 0. The third-order valence-corrected chi connectivity index (χ3v) is 13.0. The Kier molecular flexibility index (Phi) is 5.65. The Bertz CT molecular complexity index is 3360. The van der Waals surface area contributed by atoms with Gasteiger partial charge in [-0.2, -0.15) is 0 Å². The zero-order valence-corrected chi connectivity index (χ0v) is 30.0. The van der Waals surface area contributed by atoms with E-state index in [2.05, 4.69) is 194 Å². The van der Waals surface area contributed by atoms with Crippen LogP contribution in [-0.2, 0) is 5.41 Å². The van der Waals surface area contributed by atoms with E-state index >= 15 is 0 Å². The van der Waals surface area contributed by atoms with Gasteiger partial charge in [0.15, 0.2) is 0 Å². The lowest BCUT2D eigenvalue weighted by Gasteiger charge is -2.31. The molecule has 13 rings (SSSR count). The van der Waals surface area contributed by atoms with Crippen LogP contribution in [0.25, 0.3) is 98.4 Å². The summed E-state index contributed by atoms with van der Waals surface area (Å²) in [5, 5.41) is 13.1. The van der Waals surface area contributed by atoms with Gasteiger partial charge in [0.1, 0.15) is 0 Å². The Balaban J connectivity index is 1.08. The highest BCUT2D eigenvalue weighted by Crippen LogP contribution is 2.65. The molecule has 55 heavy (non-hydrogen) atoms. The molecule has 0 unspecified atom stereocenters. The van der Waals surface area contributed by atoms with Gasteiger partial charge >= 0.3 is 0 Å². The highest BCUT2D eigenvalue weighted by molar-refractivity contribution is 6.25. The average molecular weight is 693 g/mol. The Morgan fingerprint density at radius 3 is 1.53 bits per heavy atom. The molecule has 1 spiro atoms. The molecule has 0 bridgehead atoms. The van der Waals surface area contributed by atoms with Crippen molar-refractivity contribution >= 4 is 53.9 Å². The molecule has 0 heteroatoms. The molecule has 11 aromatic rings. The van der Waals surface area contributed by atoms with E-state index in [1.165, 1.54) is 121 Å². The first-order chi connectivity index (χ1) is 27.3. The first kappa shape index (κ1) is 29.4. The summed E-state index contributed by atoms with van der Waals surface area (Å²) in [6, 6.07) is 73.3. The summed E-state index contributed by atoms with van der Waals surface area (Å²) in [5.41, 5.74) is 15.5. The van der Waals surface area contributed by atoms with Crippen molar-refractivity contribution in [2.24, 2.45) is 0 Å². The summed E-state index contributed by atoms with van der Waals surface area (Å²) in [6.07, 6.45) is 0. The van der Waals surface area contributed by atoms with E-state index in [0.717, 1.165) is 0 Å². The maximum Gasteiger partial charge on any atom is 0.0726 e. The SMILES string of the molecule is c1ccc2c(c1)-c1ccccc1C21c2ccc3ccccc3c2-c2c1cc(-c1ccc(-c3ccc4ccc5cccc6ccc3c4c56)cc1)c1ccccc21. The third-order valence-electron chi connectivity index (χ3n) is 13.0. The fourth-order valence-electron chi connectivity index (χ4n) is 10.8. The van der Waals surface area contributed by atoms with Crippen molar-refractivity contribution in [3.8, 4) is 44.5 Å². The summed E-state index contributed by atoms with van der Waals surface area (Å²) in [5.74, 6) is 0. The van der Waals surface area contributed by atoms with E-state index in [0.29, 0.717) is 0 Å². The molecule has 0 atom stereocenters. The Morgan fingerprint density at radius 1 is 0.255 bits per heavy atom. The molecule has 252 valence electrons. The molecule has 0 radical (unpaired) electrons. The lowest BCUT2D eigenvalue weighted by atomic mass is 9.70. The van der Waals surface area contributed by atoms with Crippen LogP contribution in [0, 0.1) is 0 Å². The topological polar surface area (TPSA) is 0 Å². The van der Waals surface area contributed by atoms with E-state index in [1.54, 1.807) is 0 Å². The van der Waals surface area contributed by atoms with Crippen molar-refractivity contribution in [3.05, 3.63) is 216 Å². The quantitative estimate of drug-likeness (QED) is 0.158. The van der Waals surface area contributed by atoms with Crippen LogP contribution in [0.3, 0.4) is 0 Å². The minimum Gasteiger partial charge on any atom is -0.0619 e. The molecule has 0 amide bonds. The molecule has 2 aliphatic carbocycles. The molecule has 11 aromatic carbocycles. The van der Waals surface area contributed by atoms with Crippen LogP contribution in [0.1, 0.15) is 22.3 Å². The first-order valence-electron chi connectivity index (χ1n) is 19.3. The van der Waals surface area contributed by atoms with Crippen LogP contribution in [-0.4, -0.2) is 0 Å². The summed E-state index contributed by atoms with van der Waals surface area (Å²) in [6.45, 7) is 0. The molecule has 0 fully saturated rings. The Hall–Kier alpha value is -7.02. The van der Waals surface area contributed by atoms with Crippen molar-refractivity contribution in [2.45, 2.75) is 5.41 Å². The monoisotopic (exact) mass is 692 g/mol. The maximum atomic E-state index is 2.55. The molecular formula is C55H32. The lowest BCUT2D eigenvalue weighted by molar-refractivity contribution is 0.795. The second-order valence-corrected chi connectivity index (χ2v) is 15.5. The molecule has 0 heterocycles. The van der Waals surface area contributed by atoms with Crippen molar-refractivity contribution in [3.63, 3.8) is 0 Å². The van der Waals surface area contributed by atoms with Crippen molar-refractivity contribution in [1.29, 1.82) is 0 Å². The number of fused-ring (bicyclic) bond motifs is 14. The van der Waals surface area contributed by atoms with Gasteiger partial charge in [-0.25, -0.2) is 0 Å². The summed E-state index contributed by atoms with van der Waals surface area (Å²) in [7, 11) is 0. The molecule has 0 saturated carbocycles. The van der Waals surface area contributed by atoms with Gasteiger partial charge < -0.3 is 0 Å². The van der Waals surface area contributed by atoms with Crippen LogP contribution in [0.2, 0.25) is 0 Å². The lowest BCUT2D eigenvalue weighted by Crippen LogP contribution is -2.26. The fourth-order valence-corrected chi connectivity index (χ4v) is 10.8. The predicted molar refractivity (Wildman–Crippen MR) is 232 cm³/mol. The van der Waals surface area contributed by atoms with Crippen LogP contribution in [0.4, 0.5) is 0 Å². The van der Waals surface area contributed by atoms with Crippen LogP contribution >= 0.6 is 0 Å². The predicted octanol–water partition coefficient (Wildman–Crippen LogP) is 14.6. The Labute approximate surface area is 318 Å². The highest BCUT2D eigenvalue weighted by atomic mass is 14.5. The van der Waals surface area contributed by atoms with Crippen LogP contribution in [0.15, 0.2) is 194 Å². The molecule has 0 N–H and O–H groups in total. The van der Waals surface area contributed by atoms with E-state index in [1.807, 2.05) is 0 Å². The second kappa shape index (κ2) is 10.6. The van der Waals surface area contributed by atoms with Gasteiger partial charge in [0.2, 0.25) is 0 Å². The Morgan fingerprint density at radius 2 is 0.782 bits per heavy atom. The van der Waals surface area contributed by atoms with Gasteiger partial charge in [-0.1, -0.05) is 188 Å². The van der Waals surface area contributed by atoms with Gasteiger partial charge in [-0.05, 0) is 127 Å². The maximum absolute atomic E-state index is 2.55. The van der Waals surface area contributed by atoms with Crippen molar-refractivity contribution in [1.82, 2.24) is 0 Å². The standard InChI is InChI=1S/C55H32/c1-2-13-40-33(10-1)28-31-49-53(40)54-44-17-4-3-14-41(44)46(32-50(54)55(49)47-18-7-5-15-42(47)43-16-6-8-19-48(43)55)35-22-20-34(21-23-35)39-29-26-38-25-24-36-11-9-12-37-27-30-45(39)52(38)51(36)37/h1-32H. The normalized spacial score (nSPS) is 13.6. The second-order valence-electron chi connectivity index (χ2n) is 15.5. The summed E-state index contributed by atoms with van der Waals surface area (Å²) >= 11 is 0. The van der Waals surface area contributed by atoms with Gasteiger partial charge in [0, 0.05) is 0 Å². The smallest absolute Gasteiger partial charge is 0.0619 e. The van der Waals surface area contributed by atoms with E-state index in [4.69, 9.17) is 0 Å². The van der Waals surface area contributed by atoms with E-state index in [9.17, 15) is 0 Å². The minimum atomic E-state index is -0.428. The van der Waals surface area contributed by atoms with E-state index in [-0.39, 0.29) is 0 Å². The largest absolute Gasteiger partial charge is 0.0726 e. The molecule has 0 aromatic heterocycles. The number of hydrogen-bond donors (Lipinski definition) is 0. The molecule has 0 saturated heterocycles. The number of benzene rings is 11. The van der Waals surface area contributed by atoms with Gasteiger partial charge in [-0.15, -0.1) is 0 Å². The van der Waals surface area contributed by atoms with Gasteiger partial charge in [-0.3, -0.25) is 0 Å². The fraction of sp³-hybridized carbons (Fsp3) is 0.0182. The van der Waals surface area contributed by atoms with E-state index < -0.39 is 5.41 Å². The average Bonchev–Trinajstić information content (AvgIpc) is 3.73.